The average Bonchev–Trinajstić information content (AvgIpc) is 2.88. The number of carbonyl (C=O) groups is 2. The summed E-state index contributed by atoms with van der Waals surface area (Å²) in [4.78, 5) is 24.6. The quantitative estimate of drug-likeness (QED) is 0.581. The van der Waals surface area contributed by atoms with Crippen molar-refractivity contribution in [1.82, 2.24) is 0 Å². The topological polar surface area (TPSA) is 74.6 Å². The zero-order valence-electron chi connectivity index (χ0n) is 17.0. The van der Waals surface area contributed by atoms with Crippen LogP contribution in [0.3, 0.4) is 0 Å². The molecule has 0 aliphatic rings. The minimum atomic E-state index is -0.858. The number of aliphatic carboxylic acids is 2. The fraction of sp³-hybridized carbons (Fsp3) is 0.714. The van der Waals surface area contributed by atoms with Crippen molar-refractivity contribution in [2.24, 2.45) is 5.92 Å². The smallest absolute Gasteiger partial charge is 0.303 e. The maximum absolute atomic E-state index is 11.0. The molecule has 4 nitrogen and oxygen atoms in total. The van der Waals surface area contributed by atoms with Crippen LogP contribution in [0.4, 0.5) is 0 Å². The average molecular weight is 383 g/mol. The van der Waals surface area contributed by atoms with Crippen LogP contribution in [0.25, 0.3) is 0 Å². The van der Waals surface area contributed by atoms with Gasteiger partial charge in [-0.15, -0.1) is 11.3 Å². The summed E-state index contributed by atoms with van der Waals surface area (Å²) in [6, 6.07) is 2.31. The first kappa shape index (κ1) is 22.7. The molecule has 0 bridgehead atoms. The minimum Gasteiger partial charge on any atom is -0.481 e. The van der Waals surface area contributed by atoms with Crippen LogP contribution in [-0.2, 0) is 26.8 Å². The first-order valence-electron chi connectivity index (χ1n) is 9.38. The number of carboxylic acids is 2. The Balaban J connectivity index is 2.82. The van der Waals surface area contributed by atoms with Crippen LogP contribution in [0.2, 0.25) is 0 Å². The summed E-state index contributed by atoms with van der Waals surface area (Å²) in [6.45, 7) is 13.4. The van der Waals surface area contributed by atoms with Crippen LogP contribution in [0.1, 0.15) is 89.0 Å². The lowest BCUT2D eigenvalue weighted by molar-refractivity contribution is -0.140. The third-order valence-electron chi connectivity index (χ3n) is 4.52. The standard InChI is InChI=1S/C21H34O4S/c1-20(2,3)16-13-15(19(26-16)21(4,5)6)9-7-8-14(12-18(24)25)10-11-17(22)23/h13-14H,7-12H2,1-6H3,(H,22,23)(H,24,25). The Labute approximate surface area is 161 Å². The number of aryl methyl sites for hydroxylation is 1. The van der Waals surface area contributed by atoms with Crippen LogP contribution in [0.5, 0.6) is 0 Å². The molecule has 1 rings (SSSR count). The highest BCUT2D eigenvalue weighted by atomic mass is 32.1. The fourth-order valence-corrected chi connectivity index (χ4v) is 4.45. The highest BCUT2D eigenvalue weighted by Gasteiger charge is 2.25. The predicted molar refractivity (Wildman–Crippen MR) is 107 cm³/mol. The van der Waals surface area contributed by atoms with Gasteiger partial charge in [0, 0.05) is 22.6 Å². The molecular formula is C21H34O4S. The van der Waals surface area contributed by atoms with E-state index in [1.807, 2.05) is 11.3 Å². The Hall–Kier alpha value is -1.36. The predicted octanol–water partition coefficient (Wildman–Crippen LogP) is 5.62. The van der Waals surface area contributed by atoms with Gasteiger partial charge >= 0.3 is 11.9 Å². The van der Waals surface area contributed by atoms with E-state index >= 15 is 0 Å². The van der Waals surface area contributed by atoms with Gasteiger partial charge in [0.2, 0.25) is 0 Å². The Bertz CT molecular complexity index is 617. The van der Waals surface area contributed by atoms with Crippen molar-refractivity contribution >= 4 is 23.3 Å². The largest absolute Gasteiger partial charge is 0.481 e. The summed E-state index contributed by atoms with van der Waals surface area (Å²) in [5.41, 5.74) is 1.57. The van der Waals surface area contributed by atoms with E-state index in [1.165, 1.54) is 15.3 Å². The van der Waals surface area contributed by atoms with Gasteiger partial charge in [-0.2, -0.15) is 0 Å². The first-order chi connectivity index (χ1) is 11.8. The summed E-state index contributed by atoms with van der Waals surface area (Å²) in [5.74, 6) is -1.77. The summed E-state index contributed by atoms with van der Waals surface area (Å²) < 4.78 is 0. The van der Waals surface area contributed by atoms with Crippen molar-refractivity contribution in [2.45, 2.75) is 90.9 Å². The highest BCUT2D eigenvalue weighted by molar-refractivity contribution is 7.12. The molecule has 1 heterocycles. The maximum Gasteiger partial charge on any atom is 0.303 e. The van der Waals surface area contributed by atoms with Crippen molar-refractivity contribution in [2.75, 3.05) is 0 Å². The van der Waals surface area contributed by atoms with E-state index in [4.69, 9.17) is 10.2 Å². The van der Waals surface area contributed by atoms with Crippen molar-refractivity contribution in [1.29, 1.82) is 0 Å². The molecule has 1 atom stereocenters. The molecule has 1 aromatic heterocycles. The molecule has 5 heteroatoms. The minimum absolute atomic E-state index is 0.0395. The van der Waals surface area contributed by atoms with E-state index < -0.39 is 11.9 Å². The lowest BCUT2D eigenvalue weighted by Gasteiger charge is -2.20. The number of rotatable bonds is 9. The number of carboxylic acid groups (broad SMARTS) is 2. The van der Waals surface area contributed by atoms with E-state index in [0.29, 0.717) is 6.42 Å². The molecule has 0 saturated heterocycles. The fourth-order valence-electron chi connectivity index (χ4n) is 3.12. The Morgan fingerprint density at radius 3 is 2.08 bits per heavy atom. The van der Waals surface area contributed by atoms with Gasteiger partial charge in [0.05, 0.1) is 0 Å². The number of hydrogen-bond acceptors (Lipinski definition) is 3. The van der Waals surface area contributed by atoms with Crippen LogP contribution in [-0.4, -0.2) is 22.2 Å². The maximum atomic E-state index is 11.0. The van der Waals surface area contributed by atoms with Gasteiger partial charge in [-0.25, -0.2) is 0 Å². The molecule has 0 radical (unpaired) electrons. The monoisotopic (exact) mass is 382 g/mol. The molecule has 0 aromatic carbocycles. The molecule has 0 aliphatic heterocycles. The second kappa shape index (κ2) is 9.03. The lowest BCUT2D eigenvalue weighted by atomic mass is 9.87. The summed E-state index contributed by atoms with van der Waals surface area (Å²) >= 11 is 1.89. The van der Waals surface area contributed by atoms with Crippen LogP contribution in [0, 0.1) is 5.92 Å². The molecule has 0 saturated carbocycles. The number of hydrogen-bond donors (Lipinski definition) is 2. The molecule has 2 N–H and O–H groups in total. The van der Waals surface area contributed by atoms with Crippen LogP contribution >= 0.6 is 11.3 Å². The van der Waals surface area contributed by atoms with E-state index in [9.17, 15) is 9.59 Å². The van der Waals surface area contributed by atoms with Gasteiger partial charge in [-0.3, -0.25) is 9.59 Å². The van der Waals surface area contributed by atoms with Gasteiger partial charge in [0.25, 0.3) is 0 Å². The molecule has 1 unspecified atom stereocenters. The molecule has 0 aliphatic carbocycles. The van der Waals surface area contributed by atoms with Gasteiger partial charge < -0.3 is 10.2 Å². The summed E-state index contributed by atoms with van der Waals surface area (Å²) in [7, 11) is 0. The highest BCUT2D eigenvalue weighted by Crippen LogP contribution is 2.39. The third kappa shape index (κ3) is 7.48. The van der Waals surface area contributed by atoms with E-state index in [-0.39, 0.29) is 29.6 Å². The molecule has 0 spiro atoms. The summed E-state index contributed by atoms with van der Waals surface area (Å²) in [6.07, 6.45) is 3.09. The summed E-state index contributed by atoms with van der Waals surface area (Å²) in [5, 5.41) is 17.9. The second-order valence-electron chi connectivity index (χ2n) is 9.25. The van der Waals surface area contributed by atoms with Gasteiger partial charge in [-0.1, -0.05) is 41.5 Å². The normalized spacial score (nSPS) is 13.6. The van der Waals surface area contributed by atoms with Crippen molar-refractivity contribution in [3.8, 4) is 0 Å². The van der Waals surface area contributed by atoms with Gasteiger partial charge in [-0.05, 0) is 54.1 Å². The van der Waals surface area contributed by atoms with Crippen molar-refractivity contribution in [3.63, 3.8) is 0 Å². The first-order valence-corrected chi connectivity index (χ1v) is 10.2. The van der Waals surface area contributed by atoms with Gasteiger partial charge in [0.1, 0.15) is 0 Å². The van der Waals surface area contributed by atoms with Gasteiger partial charge in [0.15, 0.2) is 0 Å². The SMILES string of the molecule is CC(C)(C)c1cc(CCCC(CCC(=O)O)CC(=O)O)c(C(C)(C)C)s1. The molecule has 148 valence electrons. The van der Waals surface area contributed by atoms with E-state index in [2.05, 4.69) is 47.6 Å². The Morgan fingerprint density at radius 2 is 1.62 bits per heavy atom. The third-order valence-corrected chi connectivity index (χ3v) is 6.55. The van der Waals surface area contributed by atoms with Crippen molar-refractivity contribution < 1.29 is 19.8 Å². The molecular weight excluding hydrogens is 348 g/mol. The second-order valence-corrected chi connectivity index (χ2v) is 10.3. The molecule has 0 fully saturated rings. The van der Waals surface area contributed by atoms with Crippen molar-refractivity contribution in [3.05, 3.63) is 21.4 Å². The van der Waals surface area contributed by atoms with E-state index in [0.717, 1.165) is 19.3 Å². The zero-order valence-corrected chi connectivity index (χ0v) is 17.8. The molecule has 26 heavy (non-hydrogen) atoms. The lowest BCUT2D eigenvalue weighted by Crippen LogP contribution is -2.12. The van der Waals surface area contributed by atoms with E-state index in [1.54, 1.807) is 0 Å². The molecule has 1 aromatic rings. The van der Waals surface area contributed by atoms with Crippen LogP contribution in [0.15, 0.2) is 6.07 Å². The number of thiophene rings is 1. The Morgan fingerprint density at radius 1 is 1.00 bits per heavy atom. The zero-order chi connectivity index (χ0) is 20.1. The Kier molecular flexibility index (Phi) is 7.87. The van der Waals surface area contributed by atoms with Crippen LogP contribution < -0.4 is 0 Å². The molecule has 0 amide bonds.